The number of carbonyl (C=O) groups is 1. The SMILES string of the molecule is CN(C)CCNC(=O)c1cnc(-c2ccccc2)nc1N1CCCC1. The quantitative estimate of drug-likeness (QED) is 0.873. The summed E-state index contributed by atoms with van der Waals surface area (Å²) in [7, 11) is 3.97. The van der Waals surface area contributed by atoms with Gasteiger partial charge in [0, 0.05) is 37.9 Å². The second kappa shape index (κ2) is 8.07. The van der Waals surface area contributed by atoms with Crippen LogP contribution in [0.4, 0.5) is 5.82 Å². The van der Waals surface area contributed by atoms with Gasteiger partial charge in [0.2, 0.25) is 0 Å². The monoisotopic (exact) mass is 339 g/mol. The number of hydrogen-bond donors (Lipinski definition) is 1. The molecule has 0 bridgehead atoms. The average molecular weight is 339 g/mol. The van der Waals surface area contributed by atoms with Crippen molar-refractivity contribution in [1.82, 2.24) is 20.2 Å². The zero-order valence-corrected chi connectivity index (χ0v) is 14.9. The van der Waals surface area contributed by atoms with Gasteiger partial charge in [-0.25, -0.2) is 9.97 Å². The average Bonchev–Trinajstić information content (AvgIpc) is 3.16. The Labute approximate surface area is 148 Å². The largest absolute Gasteiger partial charge is 0.356 e. The van der Waals surface area contributed by atoms with Crippen molar-refractivity contribution in [3.63, 3.8) is 0 Å². The highest BCUT2D eigenvalue weighted by Gasteiger charge is 2.22. The van der Waals surface area contributed by atoms with Crippen LogP contribution < -0.4 is 10.2 Å². The number of likely N-dealkylation sites (N-methyl/N-ethyl adjacent to an activating group) is 1. The van der Waals surface area contributed by atoms with Gasteiger partial charge >= 0.3 is 0 Å². The Morgan fingerprint density at radius 2 is 1.92 bits per heavy atom. The molecule has 132 valence electrons. The van der Waals surface area contributed by atoms with Gasteiger partial charge in [0.05, 0.1) is 0 Å². The van der Waals surface area contributed by atoms with Crippen molar-refractivity contribution in [1.29, 1.82) is 0 Å². The van der Waals surface area contributed by atoms with E-state index < -0.39 is 0 Å². The number of anilines is 1. The molecule has 2 aromatic rings. The number of nitrogens with one attached hydrogen (secondary N) is 1. The first kappa shape index (κ1) is 17.4. The first-order valence-corrected chi connectivity index (χ1v) is 8.75. The predicted octanol–water partition coefficient (Wildman–Crippen LogP) is 2.04. The van der Waals surface area contributed by atoms with Crippen molar-refractivity contribution in [2.75, 3.05) is 45.2 Å². The molecule has 0 saturated carbocycles. The smallest absolute Gasteiger partial charge is 0.256 e. The fourth-order valence-electron chi connectivity index (χ4n) is 2.92. The van der Waals surface area contributed by atoms with Crippen LogP contribution in [0.3, 0.4) is 0 Å². The summed E-state index contributed by atoms with van der Waals surface area (Å²) in [5, 5.41) is 2.97. The Balaban J connectivity index is 1.87. The summed E-state index contributed by atoms with van der Waals surface area (Å²) >= 11 is 0. The van der Waals surface area contributed by atoms with E-state index >= 15 is 0 Å². The minimum absolute atomic E-state index is 0.108. The van der Waals surface area contributed by atoms with Crippen LogP contribution >= 0.6 is 0 Å². The second-order valence-electron chi connectivity index (χ2n) is 6.55. The van der Waals surface area contributed by atoms with E-state index in [0.717, 1.165) is 43.9 Å². The van der Waals surface area contributed by atoms with E-state index in [9.17, 15) is 4.79 Å². The van der Waals surface area contributed by atoms with E-state index in [1.165, 1.54) is 0 Å². The van der Waals surface area contributed by atoms with Gasteiger partial charge in [-0.05, 0) is 26.9 Å². The van der Waals surface area contributed by atoms with Gasteiger partial charge in [-0.15, -0.1) is 0 Å². The maximum atomic E-state index is 12.6. The Morgan fingerprint density at radius 3 is 2.60 bits per heavy atom. The highest BCUT2D eigenvalue weighted by atomic mass is 16.1. The lowest BCUT2D eigenvalue weighted by Crippen LogP contribution is -2.33. The van der Waals surface area contributed by atoms with Crippen LogP contribution in [-0.2, 0) is 0 Å². The highest BCUT2D eigenvalue weighted by Crippen LogP contribution is 2.25. The molecule has 1 aliphatic rings. The maximum absolute atomic E-state index is 12.6. The van der Waals surface area contributed by atoms with Crippen molar-refractivity contribution in [3.8, 4) is 11.4 Å². The molecule has 0 radical (unpaired) electrons. The number of carbonyl (C=O) groups excluding carboxylic acids is 1. The van der Waals surface area contributed by atoms with Crippen LogP contribution in [0, 0.1) is 0 Å². The van der Waals surface area contributed by atoms with E-state index in [-0.39, 0.29) is 5.91 Å². The first-order chi connectivity index (χ1) is 12.1. The summed E-state index contributed by atoms with van der Waals surface area (Å²) in [6.45, 7) is 3.27. The van der Waals surface area contributed by atoms with Crippen LogP contribution in [0.25, 0.3) is 11.4 Å². The van der Waals surface area contributed by atoms with E-state index in [4.69, 9.17) is 4.98 Å². The molecule has 1 N–H and O–H groups in total. The lowest BCUT2D eigenvalue weighted by molar-refractivity contribution is 0.0951. The third-order valence-corrected chi connectivity index (χ3v) is 4.30. The van der Waals surface area contributed by atoms with Crippen LogP contribution in [0.1, 0.15) is 23.2 Å². The predicted molar refractivity (Wildman–Crippen MR) is 99.8 cm³/mol. The number of aromatic nitrogens is 2. The van der Waals surface area contributed by atoms with Crippen molar-refractivity contribution < 1.29 is 4.79 Å². The topological polar surface area (TPSA) is 61.4 Å². The fourth-order valence-corrected chi connectivity index (χ4v) is 2.92. The molecule has 0 atom stereocenters. The van der Waals surface area contributed by atoms with Crippen molar-refractivity contribution in [2.24, 2.45) is 0 Å². The molecule has 1 saturated heterocycles. The summed E-state index contributed by atoms with van der Waals surface area (Å²) in [5.41, 5.74) is 1.52. The number of hydrogen-bond acceptors (Lipinski definition) is 5. The maximum Gasteiger partial charge on any atom is 0.256 e. The summed E-state index contributed by atoms with van der Waals surface area (Å²) in [5.74, 6) is 1.30. The van der Waals surface area contributed by atoms with E-state index in [0.29, 0.717) is 17.9 Å². The highest BCUT2D eigenvalue weighted by molar-refractivity contribution is 5.99. The van der Waals surface area contributed by atoms with E-state index in [1.54, 1.807) is 6.20 Å². The van der Waals surface area contributed by atoms with Gasteiger partial charge in [-0.3, -0.25) is 4.79 Å². The van der Waals surface area contributed by atoms with Crippen LogP contribution in [0.2, 0.25) is 0 Å². The van der Waals surface area contributed by atoms with Crippen LogP contribution in [0.15, 0.2) is 36.5 Å². The zero-order valence-electron chi connectivity index (χ0n) is 14.9. The number of nitrogens with zero attached hydrogens (tertiary/aromatic N) is 4. The minimum Gasteiger partial charge on any atom is -0.356 e. The third kappa shape index (κ3) is 4.33. The van der Waals surface area contributed by atoms with Crippen LogP contribution in [0.5, 0.6) is 0 Å². The van der Waals surface area contributed by atoms with Gasteiger partial charge in [0.1, 0.15) is 11.4 Å². The van der Waals surface area contributed by atoms with Gasteiger partial charge in [-0.1, -0.05) is 30.3 Å². The molecule has 1 fully saturated rings. The molecule has 1 aromatic heterocycles. The first-order valence-electron chi connectivity index (χ1n) is 8.75. The summed E-state index contributed by atoms with van der Waals surface area (Å²) in [4.78, 5) is 26.0. The van der Waals surface area contributed by atoms with Crippen LogP contribution in [-0.4, -0.2) is 61.0 Å². The lowest BCUT2D eigenvalue weighted by Gasteiger charge is -2.20. The number of rotatable bonds is 6. The summed E-state index contributed by atoms with van der Waals surface area (Å²) in [6.07, 6.45) is 3.92. The van der Waals surface area contributed by atoms with Crippen molar-refractivity contribution >= 4 is 11.7 Å². The molecule has 1 aliphatic heterocycles. The van der Waals surface area contributed by atoms with Crippen molar-refractivity contribution in [2.45, 2.75) is 12.8 Å². The van der Waals surface area contributed by atoms with E-state index in [1.807, 2.05) is 49.3 Å². The summed E-state index contributed by atoms with van der Waals surface area (Å²) < 4.78 is 0. The molecule has 0 unspecified atom stereocenters. The molecular weight excluding hydrogens is 314 g/mol. The van der Waals surface area contributed by atoms with E-state index in [2.05, 4.69) is 15.2 Å². The number of benzene rings is 1. The molecule has 25 heavy (non-hydrogen) atoms. The minimum atomic E-state index is -0.108. The zero-order chi connectivity index (χ0) is 17.6. The lowest BCUT2D eigenvalue weighted by atomic mass is 10.2. The van der Waals surface area contributed by atoms with Gasteiger partial charge in [0.15, 0.2) is 5.82 Å². The van der Waals surface area contributed by atoms with Crippen molar-refractivity contribution in [3.05, 3.63) is 42.1 Å². The molecule has 6 heteroatoms. The van der Waals surface area contributed by atoms with Gasteiger partial charge in [0.25, 0.3) is 5.91 Å². The Morgan fingerprint density at radius 1 is 1.20 bits per heavy atom. The molecule has 1 aromatic carbocycles. The molecule has 1 amide bonds. The second-order valence-corrected chi connectivity index (χ2v) is 6.55. The molecule has 2 heterocycles. The third-order valence-electron chi connectivity index (χ3n) is 4.30. The van der Waals surface area contributed by atoms with Gasteiger partial charge < -0.3 is 15.1 Å². The number of amides is 1. The Bertz CT molecular complexity index is 711. The standard InChI is InChI=1S/C19H25N5O/c1-23(2)13-10-20-19(25)16-14-21-17(15-8-4-3-5-9-15)22-18(16)24-11-6-7-12-24/h3-5,8-9,14H,6-7,10-13H2,1-2H3,(H,20,25). The summed E-state index contributed by atoms with van der Waals surface area (Å²) in [6, 6.07) is 9.88. The molecule has 0 aliphatic carbocycles. The molecule has 3 rings (SSSR count). The molecular formula is C19H25N5O. The van der Waals surface area contributed by atoms with Gasteiger partial charge in [-0.2, -0.15) is 0 Å². The normalized spacial score (nSPS) is 14.1. The Kier molecular flexibility index (Phi) is 5.60. The Hall–Kier alpha value is -2.47. The molecule has 6 nitrogen and oxygen atoms in total. The molecule has 0 spiro atoms. The fraction of sp³-hybridized carbons (Fsp3) is 0.421.